The van der Waals surface area contributed by atoms with Gasteiger partial charge in [-0.05, 0) is 36.8 Å². The van der Waals surface area contributed by atoms with Gasteiger partial charge < -0.3 is 20.3 Å². The molecule has 1 heterocycles. The standard InChI is InChI=1S/C22H29B5ClF2NO6S/c1-2-3-17-19(34,10-32)37-22(26,27)21(25,20(17,23)24)38(35,36)16-8-11(4-6-13(16)28)18(33)31-12-5-7-14(29)15(30)9-12/h4-9,17,32,34H,2-3,10,23-27H2,1H3,(H,31,33)/t17-,19-,21+/m1/s1. The highest BCUT2D eigenvalue weighted by Gasteiger charge is 2.70. The minimum Gasteiger partial charge on any atom is -0.391 e. The third-order valence-corrected chi connectivity index (χ3v) is 11.7. The minimum absolute atomic E-state index is 0.0196. The molecule has 1 aliphatic heterocycles. The Hall–Kier alpha value is -1.79. The van der Waals surface area contributed by atoms with Crippen LogP contribution in [0.2, 0.25) is 10.2 Å². The van der Waals surface area contributed by atoms with Crippen molar-refractivity contribution in [3.8, 4) is 0 Å². The maximum atomic E-state index is 14.5. The van der Waals surface area contributed by atoms with Gasteiger partial charge in [-0.25, -0.2) is 17.2 Å². The number of benzene rings is 2. The first-order valence-electron chi connectivity index (χ1n) is 12.2. The second kappa shape index (κ2) is 10.3. The van der Waals surface area contributed by atoms with Crippen LogP contribution in [0.5, 0.6) is 0 Å². The number of sulfone groups is 1. The van der Waals surface area contributed by atoms with Crippen molar-refractivity contribution in [2.24, 2.45) is 5.92 Å². The molecule has 0 saturated carbocycles. The molecule has 0 radical (unpaired) electrons. The number of hydrogen-bond acceptors (Lipinski definition) is 6. The molecule has 1 aliphatic rings. The fourth-order valence-corrected chi connectivity index (χ4v) is 8.81. The van der Waals surface area contributed by atoms with E-state index in [9.17, 15) is 32.2 Å². The lowest BCUT2D eigenvalue weighted by atomic mass is 9.28. The van der Waals surface area contributed by atoms with Crippen LogP contribution >= 0.6 is 11.6 Å². The van der Waals surface area contributed by atoms with E-state index in [0.717, 1.165) is 18.2 Å². The first-order chi connectivity index (χ1) is 17.4. The van der Waals surface area contributed by atoms with Gasteiger partial charge in [0.15, 0.2) is 27.3 Å². The second-order valence-corrected chi connectivity index (χ2v) is 13.6. The van der Waals surface area contributed by atoms with Crippen LogP contribution in [0.25, 0.3) is 0 Å². The highest BCUT2D eigenvalue weighted by atomic mass is 35.5. The SMILES string of the molecule is BC1(B)O[C@](O)(CO)[C@@H](CCC)C(B)(B)[C@]1(B)S(=O)(=O)c1cc(C(=O)Nc2ccc(F)c(F)c2)ccc1Cl. The highest BCUT2D eigenvalue weighted by molar-refractivity contribution is 7.94. The van der Waals surface area contributed by atoms with Crippen molar-refractivity contribution < 1.29 is 36.9 Å². The van der Waals surface area contributed by atoms with Crippen molar-refractivity contribution in [3.05, 3.63) is 58.6 Å². The Labute approximate surface area is 231 Å². The Morgan fingerprint density at radius 1 is 1.11 bits per heavy atom. The predicted molar refractivity (Wildman–Crippen MR) is 155 cm³/mol. The fourth-order valence-electron chi connectivity index (χ4n) is 5.82. The van der Waals surface area contributed by atoms with Crippen LogP contribution < -0.4 is 5.32 Å². The van der Waals surface area contributed by atoms with E-state index in [0.29, 0.717) is 12.8 Å². The van der Waals surface area contributed by atoms with Crippen molar-refractivity contribution in [1.29, 1.82) is 0 Å². The highest BCUT2D eigenvalue weighted by Crippen LogP contribution is 2.60. The van der Waals surface area contributed by atoms with Crippen molar-refractivity contribution >= 4 is 72.3 Å². The van der Waals surface area contributed by atoms with Gasteiger partial charge in [0.05, 0.1) is 21.2 Å². The maximum Gasteiger partial charge on any atom is 0.255 e. The number of aliphatic hydroxyl groups excluding tert-OH is 1. The summed E-state index contributed by atoms with van der Waals surface area (Å²) in [5, 5.41) is 20.9. The summed E-state index contributed by atoms with van der Waals surface area (Å²) in [6.07, 6.45) is 0.965. The quantitative estimate of drug-likeness (QED) is 0.351. The Morgan fingerprint density at radius 3 is 2.29 bits per heavy atom. The average molecular weight is 563 g/mol. The molecule has 7 nitrogen and oxygen atoms in total. The van der Waals surface area contributed by atoms with Crippen LogP contribution in [0.15, 0.2) is 41.3 Å². The summed E-state index contributed by atoms with van der Waals surface area (Å²) in [4.78, 5) is 12.6. The summed E-state index contributed by atoms with van der Waals surface area (Å²) in [6.45, 7) is 1.16. The van der Waals surface area contributed by atoms with E-state index < -0.39 is 61.0 Å². The molecule has 3 atom stereocenters. The molecule has 0 aliphatic carbocycles. The van der Waals surface area contributed by atoms with Crippen molar-refractivity contribution in [2.75, 3.05) is 11.9 Å². The van der Waals surface area contributed by atoms with Crippen LogP contribution in [0.3, 0.4) is 0 Å². The van der Waals surface area contributed by atoms with Gasteiger partial charge in [0, 0.05) is 28.6 Å². The third-order valence-electron chi connectivity index (χ3n) is 8.23. The molecule has 0 spiro atoms. The van der Waals surface area contributed by atoms with Gasteiger partial charge in [0.2, 0.25) is 0 Å². The number of carbonyl (C=O) groups is 1. The molecule has 38 heavy (non-hydrogen) atoms. The number of rotatable bonds is 7. The molecule has 0 aromatic heterocycles. The second-order valence-electron chi connectivity index (χ2n) is 10.9. The summed E-state index contributed by atoms with van der Waals surface area (Å²) in [5.41, 5.74) is -0.0977. The van der Waals surface area contributed by atoms with Crippen molar-refractivity contribution in [1.82, 2.24) is 0 Å². The summed E-state index contributed by atoms with van der Waals surface area (Å²) in [7, 11) is 3.61. The predicted octanol–water partition coefficient (Wildman–Crippen LogP) is -1.60. The van der Waals surface area contributed by atoms with Gasteiger partial charge in [-0.1, -0.05) is 30.2 Å². The first kappa shape index (κ1) is 30.8. The molecule has 1 fully saturated rings. The number of hydrogen-bond donors (Lipinski definition) is 3. The van der Waals surface area contributed by atoms with Gasteiger partial charge in [-0.2, -0.15) is 0 Å². The zero-order valence-corrected chi connectivity index (χ0v) is 23.8. The molecule has 0 unspecified atom stereocenters. The number of carbonyl (C=O) groups excluding carboxylic acids is 1. The molecule has 200 valence electrons. The first-order valence-corrected chi connectivity index (χ1v) is 14.1. The largest absolute Gasteiger partial charge is 0.391 e. The van der Waals surface area contributed by atoms with Gasteiger partial charge in [-0.3, -0.25) is 4.79 Å². The average Bonchev–Trinajstić information content (AvgIpc) is 2.82. The van der Waals surface area contributed by atoms with Gasteiger partial charge >= 0.3 is 0 Å². The Bertz CT molecular complexity index is 1370. The zero-order valence-electron chi connectivity index (χ0n) is 22.2. The monoisotopic (exact) mass is 563 g/mol. The molecule has 3 N–H and O–H groups in total. The number of ether oxygens (including phenoxy) is 1. The lowest BCUT2D eigenvalue weighted by molar-refractivity contribution is -0.299. The van der Waals surface area contributed by atoms with E-state index in [-0.39, 0.29) is 21.2 Å². The van der Waals surface area contributed by atoms with Crippen molar-refractivity contribution in [3.63, 3.8) is 0 Å². The number of anilines is 1. The molecular weight excluding hydrogens is 534 g/mol. The van der Waals surface area contributed by atoms with Crippen LogP contribution in [0, 0.1) is 17.6 Å². The molecule has 2 aromatic carbocycles. The van der Waals surface area contributed by atoms with Gasteiger partial charge in [0.1, 0.15) is 39.2 Å². The number of nitrogens with one attached hydrogen (secondary N) is 1. The smallest absolute Gasteiger partial charge is 0.255 e. The van der Waals surface area contributed by atoms with Crippen molar-refractivity contribution in [2.45, 2.75) is 45.7 Å². The summed E-state index contributed by atoms with van der Waals surface area (Å²) in [6, 6.07) is 6.56. The molecule has 3 rings (SSSR count). The summed E-state index contributed by atoms with van der Waals surface area (Å²) >= 11 is 6.40. The number of halogens is 3. The van der Waals surface area contributed by atoms with E-state index in [1.807, 2.05) is 6.92 Å². The molecular formula is C22H29B5ClF2NO6S. The third kappa shape index (κ3) is 4.74. The van der Waals surface area contributed by atoms with E-state index in [1.165, 1.54) is 41.7 Å². The van der Waals surface area contributed by atoms with Crippen LogP contribution in [-0.2, 0) is 14.6 Å². The van der Waals surface area contributed by atoms with Crippen LogP contribution in [-0.4, -0.2) is 86.2 Å². The minimum atomic E-state index is -4.40. The fraction of sp³-hybridized carbons (Fsp3) is 0.409. The van der Waals surface area contributed by atoms with Crippen LogP contribution in [0.4, 0.5) is 14.5 Å². The van der Waals surface area contributed by atoms with Gasteiger partial charge in [0.25, 0.3) is 5.91 Å². The molecule has 1 saturated heterocycles. The summed E-state index contributed by atoms with van der Waals surface area (Å²) in [5.74, 6) is -5.73. The maximum absolute atomic E-state index is 14.5. The van der Waals surface area contributed by atoms with E-state index in [4.69, 9.17) is 16.3 Å². The van der Waals surface area contributed by atoms with E-state index in [2.05, 4.69) is 5.32 Å². The number of amides is 1. The van der Waals surface area contributed by atoms with Gasteiger partial charge in [-0.15, -0.1) is 0 Å². The van der Waals surface area contributed by atoms with E-state index in [1.54, 1.807) is 15.7 Å². The molecule has 0 bridgehead atoms. The lowest BCUT2D eigenvalue weighted by Crippen LogP contribution is -2.78. The Kier molecular flexibility index (Phi) is 8.35. The lowest BCUT2D eigenvalue weighted by Gasteiger charge is -2.65. The Morgan fingerprint density at radius 2 is 1.74 bits per heavy atom. The Balaban J connectivity index is 2.14. The van der Waals surface area contributed by atoms with Crippen LogP contribution in [0.1, 0.15) is 30.1 Å². The topological polar surface area (TPSA) is 113 Å². The normalized spacial score (nSPS) is 26.5. The molecule has 16 heteroatoms. The summed E-state index contributed by atoms with van der Waals surface area (Å²) < 4.78 is 60.1. The molecule has 1 amide bonds. The zero-order chi connectivity index (χ0) is 28.9. The van der Waals surface area contributed by atoms with E-state index >= 15 is 0 Å². The number of aliphatic hydroxyl groups is 2. The molecule has 2 aromatic rings.